The molecule has 7 heteroatoms. The number of benzene rings is 3. The van der Waals surface area contributed by atoms with Crippen molar-refractivity contribution in [1.82, 2.24) is 0 Å². The van der Waals surface area contributed by atoms with Crippen LogP contribution in [-0.2, 0) is 20.0 Å². The first kappa shape index (κ1) is 24.0. The maximum absolute atomic E-state index is 11.9. The van der Waals surface area contributed by atoms with Gasteiger partial charge in [-0.05, 0) is 30.7 Å². The van der Waals surface area contributed by atoms with E-state index in [4.69, 9.17) is 18.9 Å². The van der Waals surface area contributed by atoms with Crippen molar-refractivity contribution in [2.24, 2.45) is 0 Å². The van der Waals surface area contributed by atoms with E-state index in [1.165, 1.54) is 26.8 Å². The zero-order valence-corrected chi connectivity index (χ0v) is 20.0. The smallest absolute Gasteiger partial charge is 0.308 e. The van der Waals surface area contributed by atoms with Gasteiger partial charge in [0.15, 0.2) is 0 Å². The third-order valence-corrected chi connectivity index (χ3v) is 5.79. The lowest BCUT2D eigenvalue weighted by molar-refractivity contribution is -0.133. The summed E-state index contributed by atoms with van der Waals surface area (Å²) in [7, 11) is 0. The molecule has 3 aromatic rings. The minimum Gasteiger partial charge on any atom is -0.482 e. The highest BCUT2D eigenvalue weighted by molar-refractivity contribution is 5.72. The van der Waals surface area contributed by atoms with Gasteiger partial charge in [-0.1, -0.05) is 36.4 Å². The molecule has 4 rings (SSSR count). The van der Waals surface area contributed by atoms with Crippen molar-refractivity contribution in [3.8, 4) is 23.0 Å². The van der Waals surface area contributed by atoms with Gasteiger partial charge in [0.1, 0.15) is 28.6 Å². The predicted octanol–water partition coefficient (Wildman–Crippen LogP) is 5.29. The molecule has 35 heavy (non-hydrogen) atoms. The minimum absolute atomic E-state index is 0.0466. The fraction of sp³-hybridized carbons (Fsp3) is 0.250. The fourth-order valence-corrected chi connectivity index (χ4v) is 4.46. The fourth-order valence-electron chi connectivity index (χ4n) is 4.46. The van der Waals surface area contributed by atoms with Gasteiger partial charge in [-0.25, -0.2) is 0 Å². The first-order valence-electron chi connectivity index (χ1n) is 11.2. The van der Waals surface area contributed by atoms with Gasteiger partial charge in [-0.15, -0.1) is 0 Å². The van der Waals surface area contributed by atoms with Crippen LogP contribution in [0.2, 0.25) is 0 Å². The summed E-state index contributed by atoms with van der Waals surface area (Å²) < 4.78 is 22.5. The molecule has 0 saturated carbocycles. The van der Waals surface area contributed by atoms with Crippen molar-refractivity contribution in [2.75, 3.05) is 0 Å². The molecule has 0 bridgehead atoms. The Hall–Kier alpha value is -4.13. The van der Waals surface area contributed by atoms with Crippen LogP contribution in [0.25, 0.3) is 0 Å². The summed E-state index contributed by atoms with van der Waals surface area (Å²) in [4.78, 5) is 34.9. The zero-order valence-electron chi connectivity index (χ0n) is 20.0. The molecule has 0 saturated heterocycles. The van der Waals surface area contributed by atoms with Gasteiger partial charge in [0.2, 0.25) is 0 Å². The first-order valence-corrected chi connectivity index (χ1v) is 11.2. The van der Waals surface area contributed by atoms with Gasteiger partial charge in [0.05, 0.1) is 0 Å². The molecule has 0 spiro atoms. The van der Waals surface area contributed by atoms with Crippen molar-refractivity contribution in [3.63, 3.8) is 0 Å². The average molecular weight is 475 g/mol. The van der Waals surface area contributed by atoms with E-state index in [0.717, 1.165) is 11.1 Å². The summed E-state index contributed by atoms with van der Waals surface area (Å²) in [5, 5.41) is 0. The molecule has 2 atom stereocenters. The second-order valence-electron chi connectivity index (χ2n) is 8.64. The molecule has 0 aromatic heterocycles. The van der Waals surface area contributed by atoms with Crippen molar-refractivity contribution >= 4 is 17.9 Å². The molecule has 0 aliphatic carbocycles. The summed E-state index contributed by atoms with van der Waals surface area (Å²) in [6.45, 7) is 5.86. The third kappa shape index (κ3) is 5.35. The van der Waals surface area contributed by atoms with Crippen LogP contribution in [0.15, 0.2) is 66.7 Å². The van der Waals surface area contributed by atoms with Crippen LogP contribution in [0.1, 0.15) is 56.7 Å². The molecule has 3 aromatic carbocycles. The van der Waals surface area contributed by atoms with Crippen LogP contribution >= 0.6 is 0 Å². The van der Waals surface area contributed by atoms with Gasteiger partial charge in [0, 0.05) is 56.4 Å². The molecule has 0 radical (unpaired) electrons. The molecular formula is C28H26O7. The number of carbonyl (C=O) groups excluding carboxylic acids is 3. The molecule has 0 N–H and O–H groups in total. The molecule has 1 aliphatic rings. The molecule has 1 aliphatic heterocycles. The first-order chi connectivity index (χ1) is 16.6. The van der Waals surface area contributed by atoms with Crippen molar-refractivity contribution in [3.05, 3.63) is 83.4 Å². The Balaban J connectivity index is 1.84. The molecule has 7 nitrogen and oxygen atoms in total. The van der Waals surface area contributed by atoms with E-state index >= 15 is 0 Å². The van der Waals surface area contributed by atoms with E-state index in [1.54, 1.807) is 24.3 Å². The Morgan fingerprint density at radius 3 is 2.03 bits per heavy atom. The van der Waals surface area contributed by atoms with Crippen LogP contribution in [0, 0.1) is 0 Å². The highest BCUT2D eigenvalue weighted by atomic mass is 16.6. The monoisotopic (exact) mass is 474 g/mol. The van der Waals surface area contributed by atoms with Crippen LogP contribution in [0.5, 0.6) is 23.0 Å². The van der Waals surface area contributed by atoms with Gasteiger partial charge >= 0.3 is 17.9 Å². The summed E-state index contributed by atoms with van der Waals surface area (Å²) in [5.74, 6) is -0.0392. The Morgan fingerprint density at radius 1 is 0.800 bits per heavy atom. The van der Waals surface area contributed by atoms with E-state index in [-0.39, 0.29) is 17.4 Å². The summed E-state index contributed by atoms with van der Waals surface area (Å²) in [5.41, 5.74) is 1.74. The van der Waals surface area contributed by atoms with Gasteiger partial charge in [0.25, 0.3) is 0 Å². The Labute approximate surface area is 203 Å². The minimum atomic E-state index is -0.929. The largest absolute Gasteiger partial charge is 0.482 e. The van der Waals surface area contributed by atoms with Crippen molar-refractivity contribution in [2.45, 2.75) is 45.6 Å². The average Bonchev–Trinajstić information content (AvgIpc) is 2.77. The Kier molecular flexibility index (Phi) is 6.60. The van der Waals surface area contributed by atoms with E-state index in [1.807, 2.05) is 31.2 Å². The lowest BCUT2D eigenvalue weighted by Gasteiger charge is -2.41. The molecule has 180 valence electrons. The maximum atomic E-state index is 11.9. The topological polar surface area (TPSA) is 88.1 Å². The van der Waals surface area contributed by atoms with Gasteiger partial charge < -0.3 is 18.9 Å². The lowest BCUT2D eigenvalue weighted by atomic mass is 9.76. The summed E-state index contributed by atoms with van der Waals surface area (Å²) in [6, 6.07) is 20.3. The second kappa shape index (κ2) is 9.62. The maximum Gasteiger partial charge on any atom is 0.308 e. The van der Waals surface area contributed by atoms with Crippen LogP contribution in [-0.4, -0.2) is 17.9 Å². The quantitative estimate of drug-likeness (QED) is 0.367. The second-order valence-corrected chi connectivity index (χ2v) is 8.64. The number of esters is 3. The number of hydrogen-bond acceptors (Lipinski definition) is 7. The highest BCUT2D eigenvalue weighted by Gasteiger charge is 2.41. The Bertz CT molecular complexity index is 1280. The van der Waals surface area contributed by atoms with Crippen molar-refractivity contribution < 1.29 is 33.3 Å². The number of carbonyl (C=O) groups is 3. The number of hydrogen-bond donors (Lipinski definition) is 0. The standard InChI is InChI=1S/C28H26O7/c1-17(29)32-21-10-12-23-24(20-8-6-5-7-9-20)16-28(4,35-26(23)14-21)25-13-11-22(33-18(2)30)15-27(25)34-19(3)31/h5-15,24H,16H2,1-4H3/t24-,28+/m0/s1. The van der Waals surface area contributed by atoms with Crippen molar-refractivity contribution in [1.29, 1.82) is 0 Å². The van der Waals surface area contributed by atoms with Gasteiger partial charge in [-0.3, -0.25) is 14.4 Å². The van der Waals surface area contributed by atoms with Crippen LogP contribution in [0.3, 0.4) is 0 Å². The number of ether oxygens (including phenoxy) is 4. The lowest BCUT2D eigenvalue weighted by Crippen LogP contribution is -2.36. The molecule has 0 unspecified atom stereocenters. The number of rotatable bonds is 5. The van der Waals surface area contributed by atoms with E-state index in [2.05, 4.69) is 12.1 Å². The number of fused-ring (bicyclic) bond motifs is 1. The molecule has 0 amide bonds. The van der Waals surface area contributed by atoms with Gasteiger partial charge in [-0.2, -0.15) is 0 Å². The Morgan fingerprint density at radius 2 is 1.40 bits per heavy atom. The summed E-state index contributed by atoms with van der Waals surface area (Å²) >= 11 is 0. The van der Waals surface area contributed by atoms with Crippen LogP contribution in [0.4, 0.5) is 0 Å². The normalized spacial score (nSPS) is 18.6. The molecular weight excluding hydrogens is 448 g/mol. The van der Waals surface area contributed by atoms with E-state index in [0.29, 0.717) is 23.5 Å². The predicted molar refractivity (Wildman–Crippen MR) is 128 cm³/mol. The molecule has 0 fully saturated rings. The van der Waals surface area contributed by atoms with E-state index < -0.39 is 23.5 Å². The van der Waals surface area contributed by atoms with E-state index in [9.17, 15) is 14.4 Å². The SMILES string of the molecule is CC(=O)Oc1ccc2c(c1)O[C@@](C)(c1ccc(OC(C)=O)cc1OC(C)=O)C[C@H]2c1ccccc1. The van der Waals surface area contributed by atoms with Crippen LogP contribution < -0.4 is 18.9 Å². The summed E-state index contributed by atoms with van der Waals surface area (Å²) in [6.07, 6.45) is 0.540. The molecule has 1 heterocycles. The highest BCUT2D eigenvalue weighted by Crippen LogP contribution is 2.51. The zero-order chi connectivity index (χ0) is 25.2. The third-order valence-electron chi connectivity index (χ3n) is 5.79.